The number of hydrazine groups is 1. The van der Waals surface area contributed by atoms with Gasteiger partial charge in [-0.1, -0.05) is 67.9 Å². The van der Waals surface area contributed by atoms with Crippen molar-refractivity contribution in [2.75, 3.05) is 0 Å². The van der Waals surface area contributed by atoms with E-state index in [0.29, 0.717) is 6.42 Å². The molecule has 3 N–H and O–H groups in total. The highest BCUT2D eigenvalue weighted by Gasteiger charge is 2.31. The van der Waals surface area contributed by atoms with Crippen molar-refractivity contribution in [1.29, 1.82) is 0 Å². The van der Waals surface area contributed by atoms with E-state index in [1.165, 1.54) is 11.6 Å². The van der Waals surface area contributed by atoms with Gasteiger partial charge >= 0.3 is 0 Å². The maximum absolute atomic E-state index is 13.6. The Hall–Kier alpha value is -1.42. The molecule has 0 amide bonds. The van der Waals surface area contributed by atoms with E-state index < -0.39 is 5.82 Å². The van der Waals surface area contributed by atoms with Gasteiger partial charge in [0.1, 0.15) is 5.82 Å². The third kappa shape index (κ3) is 3.43. The number of benzene rings is 2. The van der Waals surface area contributed by atoms with Crippen LogP contribution in [0.3, 0.4) is 0 Å². The van der Waals surface area contributed by atoms with Crippen molar-refractivity contribution in [2.24, 2.45) is 5.84 Å². The third-order valence-corrected chi connectivity index (χ3v) is 4.47. The second kappa shape index (κ2) is 6.56. The second-order valence-electron chi connectivity index (χ2n) is 5.72. The van der Waals surface area contributed by atoms with E-state index in [4.69, 9.17) is 17.4 Å². The monoisotopic (exact) mass is 306 g/mol. The van der Waals surface area contributed by atoms with Gasteiger partial charge in [0, 0.05) is 11.5 Å². The van der Waals surface area contributed by atoms with Crippen LogP contribution < -0.4 is 11.3 Å². The molecule has 0 aliphatic heterocycles. The average molecular weight is 307 g/mol. The van der Waals surface area contributed by atoms with Crippen LogP contribution in [0.5, 0.6) is 0 Å². The molecular weight excluding hydrogens is 287 g/mol. The Morgan fingerprint density at radius 3 is 2.43 bits per heavy atom. The summed E-state index contributed by atoms with van der Waals surface area (Å²) in [5, 5.41) is 0.168. The number of halogens is 2. The van der Waals surface area contributed by atoms with Crippen molar-refractivity contribution in [3.63, 3.8) is 0 Å². The topological polar surface area (TPSA) is 38.0 Å². The Bertz CT molecular complexity index is 599. The van der Waals surface area contributed by atoms with Crippen LogP contribution >= 0.6 is 11.6 Å². The van der Waals surface area contributed by atoms with Gasteiger partial charge in [-0.05, 0) is 23.6 Å². The first-order chi connectivity index (χ1) is 9.96. The zero-order valence-corrected chi connectivity index (χ0v) is 13.0. The van der Waals surface area contributed by atoms with E-state index in [0.717, 1.165) is 5.56 Å². The molecule has 0 aliphatic carbocycles. The van der Waals surface area contributed by atoms with Crippen molar-refractivity contribution in [1.82, 2.24) is 5.43 Å². The van der Waals surface area contributed by atoms with Crippen molar-refractivity contribution in [3.05, 3.63) is 70.5 Å². The van der Waals surface area contributed by atoms with Crippen molar-refractivity contribution >= 4 is 11.6 Å². The average Bonchev–Trinajstić information content (AvgIpc) is 2.49. The minimum atomic E-state index is -0.401. The quantitative estimate of drug-likeness (QED) is 0.651. The molecule has 1 atom stereocenters. The largest absolute Gasteiger partial charge is 0.271 e. The van der Waals surface area contributed by atoms with E-state index in [1.54, 1.807) is 6.07 Å². The highest BCUT2D eigenvalue weighted by Crippen LogP contribution is 2.30. The first-order valence-electron chi connectivity index (χ1n) is 6.91. The summed E-state index contributed by atoms with van der Waals surface area (Å²) in [7, 11) is 0. The van der Waals surface area contributed by atoms with E-state index in [9.17, 15) is 4.39 Å². The smallest absolute Gasteiger partial charge is 0.142 e. The second-order valence-corrected chi connectivity index (χ2v) is 6.10. The summed E-state index contributed by atoms with van der Waals surface area (Å²) in [6, 6.07) is 14.9. The molecule has 0 radical (unpaired) electrons. The van der Waals surface area contributed by atoms with Crippen molar-refractivity contribution < 1.29 is 4.39 Å². The van der Waals surface area contributed by atoms with Crippen LogP contribution in [-0.2, 0) is 11.8 Å². The Labute approximate surface area is 130 Å². The molecule has 1 unspecified atom stereocenters. The van der Waals surface area contributed by atoms with E-state index >= 15 is 0 Å². The van der Waals surface area contributed by atoms with E-state index in [1.807, 2.05) is 24.3 Å². The van der Waals surface area contributed by atoms with Gasteiger partial charge in [0.2, 0.25) is 0 Å². The van der Waals surface area contributed by atoms with Crippen LogP contribution in [0, 0.1) is 5.82 Å². The van der Waals surface area contributed by atoms with Gasteiger partial charge in [-0.15, -0.1) is 0 Å². The normalized spacial score (nSPS) is 13.2. The summed E-state index contributed by atoms with van der Waals surface area (Å²) >= 11 is 6.05. The standard InChI is InChI=1S/C17H20ClFN2/c1-17(2,13-8-4-3-5-9-13)15(21-20)11-12-7-6-10-14(19)16(12)18/h3-10,15,21H,11,20H2,1-2H3. The predicted molar refractivity (Wildman–Crippen MR) is 85.7 cm³/mol. The lowest BCUT2D eigenvalue weighted by atomic mass is 9.75. The third-order valence-electron chi connectivity index (χ3n) is 4.05. The maximum atomic E-state index is 13.6. The lowest BCUT2D eigenvalue weighted by molar-refractivity contribution is 0.341. The van der Waals surface area contributed by atoms with Crippen LogP contribution in [0.4, 0.5) is 4.39 Å². The number of nitrogens with two attached hydrogens (primary N) is 1. The predicted octanol–water partition coefficient (Wildman–Crippen LogP) is 3.83. The molecule has 0 heterocycles. The van der Waals surface area contributed by atoms with Gasteiger partial charge in [-0.25, -0.2) is 4.39 Å². The van der Waals surface area contributed by atoms with Crippen LogP contribution in [0.25, 0.3) is 0 Å². The minimum Gasteiger partial charge on any atom is -0.271 e. The fourth-order valence-corrected chi connectivity index (χ4v) is 2.72. The molecule has 0 aliphatic rings. The molecule has 4 heteroatoms. The fraction of sp³-hybridized carbons (Fsp3) is 0.294. The molecule has 0 spiro atoms. The molecule has 2 nitrogen and oxygen atoms in total. The summed E-state index contributed by atoms with van der Waals surface area (Å²) in [6.45, 7) is 4.22. The SMILES string of the molecule is CC(C)(c1ccccc1)C(Cc1cccc(F)c1Cl)NN. The van der Waals surface area contributed by atoms with Gasteiger partial charge in [0.05, 0.1) is 5.02 Å². The van der Waals surface area contributed by atoms with Gasteiger partial charge in [-0.2, -0.15) is 0 Å². The van der Waals surface area contributed by atoms with Gasteiger partial charge in [0.15, 0.2) is 0 Å². The molecule has 0 fully saturated rings. The molecule has 21 heavy (non-hydrogen) atoms. The number of hydrogen-bond donors (Lipinski definition) is 2. The molecule has 0 saturated carbocycles. The van der Waals surface area contributed by atoms with Crippen LogP contribution in [0.15, 0.2) is 48.5 Å². The lowest BCUT2D eigenvalue weighted by Gasteiger charge is -2.35. The zero-order valence-electron chi connectivity index (χ0n) is 12.2. The van der Waals surface area contributed by atoms with Gasteiger partial charge in [-0.3, -0.25) is 11.3 Å². The summed E-state index contributed by atoms with van der Waals surface area (Å²) in [5.41, 5.74) is 4.56. The lowest BCUT2D eigenvalue weighted by Crippen LogP contribution is -2.49. The van der Waals surface area contributed by atoms with Crippen LogP contribution in [0.2, 0.25) is 5.02 Å². The minimum absolute atomic E-state index is 0.0702. The Balaban J connectivity index is 2.29. The highest BCUT2D eigenvalue weighted by atomic mass is 35.5. The summed E-state index contributed by atoms with van der Waals surface area (Å²) in [6.07, 6.45) is 0.551. The Morgan fingerprint density at radius 1 is 1.14 bits per heavy atom. The molecule has 2 aromatic carbocycles. The van der Waals surface area contributed by atoms with Crippen molar-refractivity contribution in [3.8, 4) is 0 Å². The zero-order chi connectivity index (χ0) is 15.5. The molecule has 2 rings (SSSR count). The van der Waals surface area contributed by atoms with Crippen LogP contribution in [0.1, 0.15) is 25.0 Å². The summed E-state index contributed by atoms with van der Waals surface area (Å²) in [4.78, 5) is 0. The Morgan fingerprint density at radius 2 is 1.81 bits per heavy atom. The van der Waals surface area contributed by atoms with Gasteiger partial charge < -0.3 is 0 Å². The molecule has 0 saturated heterocycles. The number of hydrogen-bond acceptors (Lipinski definition) is 2. The molecule has 2 aromatic rings. The molecular formula is C17H20ClFN2. The van der Waals surface area contributed by atoms with Gasteiger partial charge in [0.25, 0.3) is 0 Å². The number of rotatable bonds is 5. The first kappa shape index (κ1) is 16.0. The number of nitrogens with one attached hydrogen (secondary N) is 1. The highest BCUT2D eigenvalue weighted by molar-refractivity contribution is 6.31. The molecule has 0 aromatic heterocycles. The maximum Gasteiger partial charge on any atom is 0.142 e. The summed E-state index contributed by atoms with van der Waals surface area (Å²) in [5.74, 6) is 5.34. The molecule has 112 valence electrons. The summed E-state index contributed by atoms with van der Waals surface area (Å²) < 4.78 is 13.6. The van der Waals surface area contributed by atoms with E-state index in [-0.39, 0.29) is 16.5 Å². The fourth-order valence-electron chi connectivity index (χ4n) is 2.52. The van der Waals surface area contributed by atoms with Crippen molar-refractivity contribution in [2.45, 2.75) is 31.7 Å². The molecule has 0 bridgehead atoms. The van der Waals surface area contributed by atoms with Crippen LogP contribution in [-0.4, -0.2) is 6.04 Å². The van der Waals surface area contributed by atoms with E-state index in [2.05, 4.69) is 31.4 Å². The Kier molecular flexibility index (Phi) is 4.99. The first-order valence-corrected chi connectivity index (χ1v) is 7.29.